The maximum atomic E-state index is 12.2. The normalized spacial score (nSPS) is 10.4. The lowest BCUT2D eigenvalue weighted by Crippen LogP contribution is -2.11. The number of carboxylic acids is 1. The monoisotopic (exact) mass is 415 g/mol. The number of nitrogens with zero attached hydrogens (tertiary/aromatic N) is 1. The Balaban J connectivity index is 2.06. The molecular formula is C20H17NO9. The molecule has 1 N–H and O–H groups in total. The number of hydrogen-bond acceptors (Lipinski definition) is 8. The third-order valence-corrected chi connectivity index (χ3v) is 3.58. The number of esters is 2. The van der Waals surface area contributed by atoms with Gasteiger partial charge in [-0.15, -0.1) is 10.1 Å². The molecule has 2 aromatic rings. The zero-order valence-electron chi connectivity index (χ0n) is 15.8. The Labute approximate surface area is 170 Å². The van der Waals surface area contributed by atoms with Gasteiger partial charge in [0.15, 0.2) is 0 Å². The van der Waals surface area contributed by atoms with Gasteiger partial charge in [0.1, 0.15) is 18.1 Å². The minimum absolute atomic E-state index is 0.0671. The lowest BCUT2D eigenvalue weighted by molar-refractivity contribution is -0.763. The summed E-state index contributed by atoms with van der Waals surface area (Å²) in [6.45, 7) is 1.01. The minimum atomic E-state index is -1.20. The SMILES string of the molecule is CC(=O)Oc1ccc(OC(=O)Cc2ccc(CO[N+](=O)[O-])cc2)cc1C=CC(=O)O. The lowest BCUT2D eigenvalue weighted by atomic mass is 10.1. The fourth-order valence-corrected chi connectivity index (χ4v) is 2.34. The summed E-state index contributed by atoms with van der Waals surface area (Å²) < 4.78 is 10.3. The number of ether oxygens (including phenoxy) is 2. The van der Waals surface area contributed by atoms with Crippen LogP contribution < -0.4 is 9.47 Å². The van der Waals surface area contributed by atoms with Crippen LogP contribution in [0.1, 0.15) is 23.6 Å². The Bertz CT molecular complexity index is 980. The fraction of sp³-hybridized carbons (Fsp3) is 0.150. The summed E-state index contributed by atoms with van der Waals surface area (Å²) in [6.07, 6.45) is 2.00. The van der Waals surface area contributed by atoms with Crippen molar-refractivity contribution in [1.82, 2.24) is 0 Å². The number of carbonyl (C=O) groups excluding carboxylic acids is 2. The third kappa shape index (κ3) is 7.43. The van der Waals surface area contributed by atoms with Gasteiger partial charge in [0, 0.05) is 18.6 Å². The van der Waals surface area contributed by atoms with Gasteiger partial charge in [-0.3, -0.25) is 9.59 Å². The van der Waals surface area contributed by atoms with Crippen LogP contribution in [0.5, 0.6) is 11.5 Å². The quantitative estimate of drug-likeness (QED) is 0.215. The predicted molar refractivity (Wildman–Crippen MR) is 102 cm³/mol. The molecule has 0 aliphatic rings. The molecule has 0 saturated heterocycles. The van der Waals surface area contributed by atoms with E-state index in [0.29, 0.717) is 11.1 Å². The molecule has 0 amide bonds. The second-order valence-electron chi connectivity index (χ2n) is 5.93. The van der Waals surface area contributed by atoms with Crippen LogP contribution in [0, 0.1) is 10.1 Å². The Hall–Kier alpha value is -4.21. The molecular weight excluding hydrogens is 398 g/mol. The molecule has 0 aliphatic heterocycles. The van der Waals surface area contributed by atoms with E-state index in [9.17, 15) is 24.5 Å². The number of carbonyl (C=O) groups is 3. The summed E-state index contributed by atoms with van der Waals surface area (Å²) in [4.78, 5) is 48.6. The van der Waals surface area contributed by atoms with Gasteiger partial charge in [0.2, 0.25) is 0 Å². The highest BCUT2D eigenvalue weighted by molar-refractivity contribution is 5.86. The van der Waals surface area contributed by atoms with Crippen molar-refractivity contribution in [2.75, 3.05) is 0 Å². The smallest absolute Gasteiger partial charge is 0.328 e. The van der Waals surface area contributed by atoms with Gasteiger partial charge in [0.25, 0.3) is 5.09 Å². The standard InChI is InChI=1S/C20H17NO9/c1-13(22)29-18-8-7-17(11-16(18)6-9-19(23)24)30-20(25)10-14-2-4-15(5-3-14)12-28-21(26)27/h2-9,11H,10,12H2,1H3,(H,23,24). The van der Waals surface area contributed by atoms with E-state index in [0.717, 1.165) is 6.08 Å². The van der Waals surface area contributed by atoms with Crippen LogP contribution in [0.2, 0.25) is 0 Å². The molecule has 10 nitrogen and oxygen atoms in total. The molecule has 0 aliphatic carbocycles. The first kappa shape index (κ1) is 22.1. The van der Waals surface area contributed by atoms with Gasteiger partial charge in [-0.25, -0.2) is 4.79 Å². The maximum absolute atomic E-state index is 12.2. The Morgan fingerprint density at radius 1 is 1.07 bits per heavy atom. The van der Waals surface area contributed by atoms with Crippen LogP contribution in [0.25, 0.3) is 6.08 Å². The fourth-order valence-electron chi connectivity index (χ4n) is 2.34. The molecule has 0 radical (unpaired) electrons. The highest BCUT2D eigenvalue weighted by Gasteiger charge is 2.11. The van der Waals surface area contributed by atoms with E-state index in [4.69, 9.17) is 14.6 Å². The van der Waals surface area contributed by atoms with Crippen molar-refractivity contribution >= 4 is 24.0 Å². The summed E-state index contributed by atoms with van der Waals surface area (Å²) in [5.74, 6) is -2.11. The molecule has 0 atom stereocenters. The topological polar surface area (TPSA) is 142 Å². The van der Waals surface area contributed by atoms with Crippen LogP contribution in [-0.4, -0.2) is 28.1 Å². The molecule has 30 heavy (non-hydrogen) atoms. The molecule has 156 valence electrons. The minimum Gasteiger partial charge on any atom is -0.478 e. The van der Waals surface area contributed by atoms with Crippen LogP contribution in [0.3, 0.4) is 0 Å². The molecule has 10 heteroatoms. The van der Waals surface area contributed by atoms with E-state index in [1.165, 1.54) is 31.2 Å². The van der Waals surface area contributed by atoms with Gasteiger partial charge in [0.05, 0.1) is 6.42 Å². The molecule has 0 spiro atoms. The van der Waals surface area contributed by atoms with Gasteiger partial charge >= 0.3 is 17.9 Å². The van der Waals surface area contributed by atoms with Crippen molar-refractivity contribution in [3.8, 4) is 11.5 Å². The summed E-state index contributed by atoms with van der Waals surface area (Å²) >= 11 is 0. The van der Waals surface area contributed by atoms with Gasteiger partial charge < -0.3 is 19.4 Å². The van der Waals surface area contributed by atoms with Crippen molar-refractivity contribution in [2.45, 2.75) is 20.0 Å². The average Bonchev–Trinajstić information content (AvgIpc) is 2.67. The number of hydrogen-bond donors (Lipinski definition) is 1. The maximum Gasteiger partial charge on any atom is 0.328 e. The molecule has 0 unspecified atom stereocenters. The molecule has 2 aromatic carbocycles. The Kier molecular flexibility index (Phi) is 7.63. The highest BCUT2D eigenvalue weighted by Crippen LogP contribution is 2.26. The van der Waals surface area contributed by atoms with Crippen LogP contribution in [-0.2, 0) is 32.2 Å². The molecule has 0 saturated carbocycles. The van der Waals surface area contributed by atoms with Gasteiger partial charge in [-0.05, 0) is 35.4 Å². The Morgan fingerprint density at radius 3 is 2.33 bits per heavy atom. The first-order valence-electron chi connectivity index (χ1n) is 8.52. The largest absolute Gasteiger partial charge is 0.478 e. The van der Waals surface area contributed by atoms with Crippen molar-refractivity contribution in [3.63, 3.8) is 0 Å². The summed E-state index contributed by atoms with van der Waals surface area (Å²) in [5, 5.41) is 18.1. The molecule has 0 heterocycles. The van der Waals surface area contributed by atoms with Crippen molar-refractivity contribution in [3.05, 3.63) is 75.3 Å². The summed E-state index contributed by atoms with van der Waals surface area (Å²) in [5.41, 5.74) is 1.43. The molecule has 2 rings (SSSR count). The van der Waals surface area contributed by atoms with E-state index in [2.05, 4.69) is 4.84 Å². The molecule has 0 fully saturated rings. The summed E-state index contributed by atoms with van der Waals surface area (Å²) in [7, 11) is 0. The van der Waals surface area contributed by atoms with Gasteiger partial charge in [-0.1, -0.05) is 24.3 Å². The zero-order chi connectivity index (χ0) is 22.1. The second kappa shape index (κ2) is 10.4. The van der Waals surface area contributed by atoms with Crippen molar-refractivity contribution in [2.24, 2.45) is 0 Å². The second-order valence-corrected chi connectivity index (χ2v) is 5.93. The van der Waals surface area contributed by atoms with Crippen molar-refractivity contribution in [1.29, 1.82) is 0 Å². The first-order valence-corrected chi connectivity index (χ1v) is 8.52. The molecule has 0 bridgehead atoms. The first-order chi connectivity index (χ1) is 14.2. The van der Waals surface area contributed by atoms with Crippen LogP contribution in [0.4, 0.5) is 0 Å². The summed E-state index contributed by atoms with van der Waals surface area (Å²) in [6, 6.07) is 10.6. The number of aliphatic carboxylic acids is 1. The number of benzene rings is 2. The van der Waals surface area contributed by atoms with Crippen LogP contribution in [0.15, 0.2) is 48.5 Å². The van der Waals surface area contributed by atoms with Crippen molar-refractivity contribution < 1.29 is 38.9 Å². The average molecular weight is 415 g/mol. The Morgan fingerprint density at radius 2 is 1.73 bits per heavy atom. The number of rotatable bonds is 9. The predicted octanol–water partition coefficient (Wildman–Crippen LogP) is 2.57. The lowest BCUT2D eigenvalue weighted by Gasteiger charge is -2.09. The van der Waals surface area contributed by atoms with E-state index >= 15 is 0 Å². The van der Waals surface area contributed by atoms with E-state index in [1.54, 1.807) is 24.3 Å². The van der Waals surface area contributed by atoms with E-state index in [-0.39, 0.29) is 30.1 Å². The zero-order valence-corrected chi connectivity index (χ0v) is 15.8. The molecule has 0 aromatic heterocycles. The van der Waals surface area contributed by atoms with Crippen LogP contribution >= 0.6 is 0 Å². The third-order valence-electron chi connectivity index (χ3n) is 3.58. The van der Waals surface area contributed by atoms with E-state index < -0.39 is 23.0 Å². The van der Waals surface area contributed by atoms with Gasteiger partial charge in [-0.2, -0.15) is 0 Å². The number of carboxylic acid groups (broad SMARTS) is 1. The van der Waals surface area contributed by atoms with E-state index in [1.807, 2.05) is 0 Å². The highest BCUT2D eigenvalue weighted by atomic mass is 16.9.